The summed E-state index contributed by atoms with van der Waals surface area (Å²) in [6.45, 7) is 1.65. The second-order valence-corrected chi connectivity index (χ2v) is 4.68. The highest BCUT2D eigenvalue weighted by Gasteiger charge is 2.33. The summed E-state index contributed by atoms with van der Waals surface area (Å²) in [4.78, 5) is 24.9. The smallest absolute Gasteiger partial charge is 0.198 e. The van der Waals surface area contributed by atoms with E-state index in [2.05, 4.69) is 0 Å². The molecule has 2 aromatic rings. The molecule has 0 fully saturated rings. The van der Waals surface area contributed by atoms with Crippen molar-refractivity contribution in [2.75, 3.05) is 7.11 Å². The number of fused-ring (bicyclic) bond motifs is 2. The van der Waals surface area contributed by atoms with E-state index in [1.54, 1.807) is 31.2 Å². The SMILES string of the molecule is COc1cc2c(c(O)c1C)C(=O)c1ccccc1C2=O. The van der Waals surface area contributed by atoms with Crippen LogP contribution in [-0.2, 0) is 0 Å². The van der Waals surface area contributed by atoms with Crippen molar-refractivity contribution in [3.8, 4) is 11.5 Å². The number of ether oxygens (including phenoxy) is 1. The molecule has 0 atom stereocenters. The molecule has 0 radical (unpaired) electrons. The molecule has 1 aliphatic carbocycles. The first-order valence-electron chi connectivity index (χ1n) is 6.15. The highest BCUT2D eigenvalue weighted by Crippen LogP contribution is 2.39. The van der Waals surface area contributed by atoms with Crippen LogP contribution in [0.3, 0.4) is 0 Å². The van der Waals surface area contributed by atoms with Crippen LogP contribution < -0.4 is 4.74 Å². The van der Waals surface area contributed by atoms with Gasteiger partial charge in [-0.3, -0.25) is 9.59 Å². The minimum absolute atomic E-state index is 0.0620. The standard InChI is InChI=1S/C16H12O4/c1-8-12(20-2)7-11-13(14(8)17)16(19)10-6-4-3-5-9(10)15(11)18/h3-7,17H,1-2H3. The number of phenolic OH excluding ortho intramolecular Hbond substituents is 1. The van der Waals surface area contributed by atoms with Crippen LogP contribution in [0.15, 0.2) is 30.3 Å². The predicted molar refractivity (Wildman–Crippen MR) is 72.7 cm³/mol. The van der Waals surface area contributed by atoms with Crippen LogP contribution in [0, 0.1) is 6.92 Å². The molecule has 0 unspecified atom stereocenters. The van der Waals surface area contributed by atoms with E-state index >= 15 is 0 Å². The van der Waals surface area contributed by atoms with Crippen LogP contribution in [0.2, 0.25) is 0 Å². The highest BCUT2D eigenvalue weighted by molar-refractivity contribution is 6.29. The Bertz CT molecular complexity index is 759. The zero-order chi connectivity index (χ0) is 14.4. The maximum atomic E-state index is 12.5. The summed E-state index contributed by atoms with van der Waals surface area (Å²) in [6, 6.07) is 8.13. The Morgan fingerprint density at radius 3 is 2.20 bits per heavy atom. The van der Waals surface area contributed by atoms with E-state index in [9.17, 15) is 14.7 Å². The van der Waals surface area contributed by atoms with Crippen LogP contribution in [0.1, 0.15) is 37.4 Å². The molecule has 3 rings (SSSR count). The third kappa shape index (κ3) is 1.48. The van der Waals surface area contributed by atoms with Crippen molar-refractivity contribution < 1.29 is 19.4 Å². The van der Waals surface area contributed by atoms with E-state index in [1.807, 2.05) is 0 Å². The summed E-state index contributed by atoms with van der Waals surface area (Å²) >= 11 is 0. The summed E-state index contributed by atoms with van der Waals surface area (Å²) in [7, 11) is 1.46. The van der Waals surface area contributed by atoms with E-state index in [-0.39, 0.29) is 28.4 Å². The molecular formula is C16H12O4. The van der Waals surface area contributed by atoms with Gasteiger partial charge in [-0.1, -0.05) is 24.3 Å². The van der Waals surface area contributed by atoms with E-state index in [4.69, 9.17) is 4.74 Å². The molecule has 0 aromatic heterocycles. The monoisotopic (exact) mass is 268 g/mol. The first-order valence-corrected chi connectivity index (χ1v) is 6.15. The highest BCUT2D eigenvalue weighted by atomic mass is 16.5. The fraction of sp³-hybridized carbons (Fsp3) is 0.125. The molecule has 0 amide bonds. The van der Waals surface area contributed by atoms with Crippen LogP contribution >= 0.6 is 0 Å². The van der Waals surface area contributed by atoms with E-state index in [0.29, 0.717) is 22.4 Å². The third-order valence-electron chi connectivity index (χ3n) is 3.61. The minimum atomic E-state index is -0.335. The number of aromatic hydroxyl groups is 1. The van der Waals surface area contributed by atoms with Gasteiger partial charge in [0.25, 0.3) is 0 Å². The Balaban J connectivity index is 2.36. The van der Waals surface area contributed by atoms with Gasteiger partial charge in [-0.25, -0.2) is 0 Å². The van der Waals surface area contributed by atoms with Gasteiger partial charge in [0.2, 0.25) is 0 Å². The second-order valence-electron chi connectivity index (χ2n) is 4.68. The van der Waals surface area contributed by atoms with Crippen molar-refractivity contribution >= 4 is 11.6 Å². The predicted octanol–water partition coefficient (Wildman–Crippen LogP) is 2.48. The summed E-state index contributed by atoms with van der Waals surface area (Å²) in [5.74, 6) is -0.406. The number of benzene rings is 2. The molecule has 4 heteroatoms. The molecule has 0 bridgehead atoms. The number of carbonyl (C=O) groups is 2. The molecule has 2 aromatic carbocycles. The van der Waals surface area contributed by atoms with Gasteiger partial charge in [-0.2, -0.15) is 0 Å². The number of ketones is 2. The van der Waals surface area contributed by atoms with Crippen molar-refractivity contribution in [3.63, 3.8) is 0 Å². The Morgan fingerprint density at radius 1 is 1.00 bits per heavy atom. The van der Waals surface area contributed by atoms with Crippen LogP contribution in [0.4, 0.5) is 0 Å². The molecule has 1 N–H and O–H groups in total. The van der Waals surface area contributed by atoms with Gasteiger partial charge in [0.05, 0.1) is 12.7 Å². The molecule has 0 saturated carbocycles. The van der Waals surface area contributed by atoms with E-state index < -0.39 is 0 Å². The maximum absolute atomic E-state index is 12.5. The lowest BCUT2D eigenvalue weighted by Crippen LogP contribution is -2.21. The molecule has 0 saturated heterocycles. The van der Waals surface area contributed by atoms with Gasteiger partial charge in [0.1, 0.15) is 11.5 Å². The van der Waals surface area contributed by atoms with Gasteiger partial charge in [0, 0.05) is 22.3 Å². The molecule has 0 heterocycles. The quantitative estimate of drug-likeness (QED) is 0.736. The average molecular weight is 268 g/mol. The van der Waals surface area contributed by atoms with Crippen LogP contribution in [0.5, 0.6) is 11.5 Å². The number of hydrogen-bond acceptors (Lipinski definition) is 4. The van der Waals surface area contributed by atoms with Crippen molar-refractivity contribution in [1.29, 1.82) is 0 Å². The van der Waals surface area contributed by atoms with Crippen molar-refractivity contribution in [2.24, 2.45) is 0 Å². The Kier molecular flexibility index (Phi) is 2.61. The zero-order valence-corrected chi connectivity index (χ0v) is 11.1. The normalized spacial score (nSPS) is 12.9. The number of hydrogen-bond donors (Lipinski definition) is 1. The molecule has 0 aliphatic heterocycles. The van der Waals surface area contributed by atoms with Crippen molar-refractivity contribution in [2.45, 2.75) is 6.92 Å². The third-order valence-corrected chi connectivity index (χ3v) is 3.61. The fourth-order valence-electron chi connectivity index (χ4n) is 2.52. The molecular weight excluding hydrogens is 256 g/mol. The molecule has 20 heavy (non-hydrogen) atoms. The van der Waals surface area contributed by atoms with E-state index in [1.165, 1.54) is 13.2 Å². The average Bonchev–Trinajstić information content (AvgIpc) is 2.47. The van der Waals surface area contributed by atoms with Crippen molar-refractivity contribution in [1.82, 2.24) is 0 Å². The number of methoxy groups -OCH3 is 1. The van der Waals surface area contributed by atoms with Crippen molar-refractivity contribution in [3.05, 3.63) is 58.1 Å². The summed E-state index contributed by atoms with van der Waals surface area (Å²) < 4.78 is 5.14. The Labute approximate surface area is 115 Å². The second kappa shape index (κ2) is 4.20. The summed E-state index contributed by atoms with van der Waals surface area (Å²) in [5.41, 5.74) is 1.38. The lowest BCUT2D eigenvalue weighted by Gasteiger charge is -2.20. The Hall–Kier alpha value is -2.62. The lowest BCUT2D eigenvalue weighted by atomic mass is 9.82. The van der Waals surface area contributed by atoms with Crippen LogP contribution in [-0.4, -0.2) is 23.8 Å². The maximum Gasteiger partial charge on any atom is 0.198 e. The van der Waals surface area contributed by atoms with Gasteiger partial charge in [-0.05, 0) is 13.0 Å². The van der Waals surface area contributed by atoms with Gasteiger partial charge in [-0.15, -0.1) is 0 Å². The molecule has 100 valence electrons. The number of carbonyl (C=O) groups excluding carboxylic acids is 2. The van der Waals surface area contributed by atoms with Gasteiger partial charge >= 0.3 is 0 Å². The number of rotatable bonds is 1. The zero-order valence-electron chi connectivity index (χ0n) is 11.1. The molecule has 1 aliphatic rings. The van der Waals surface area contributed by atoms with Gasteiger partial charge in [0.15, 0.2) is 11.6 Å². The fourth-order valence-corrected chi connectivity index (χ4v) is 2.52. The molecule has 0 spiro atoms. The largest absolute Gasteiger partial charge is 0.507 e. The van der Waals surface area contributed by atoms with E-state index in [0.717, 1.165) is 0 Å². The topological polar surface area (TPSA) is 63.6 Å². The first-order chi connectivity index (χ1) is 9.56. The molecule has 4 nitrogen and oxygen atoms in total. The van der Waals surface area contributed by atoms with Crippen LogP contribution in [0.25, 0.3) is 0 Å². The first kappa shape index (κ1) is 12.4. The summed E-state index contributed by atoms with van der Waals surface area (Å²) in [6.07, 6.45) is 0. The minimum Gasteiger partial charge on any atom is -0.507 e. The lowest BCUT2D eigenvalue weighted by molar-refractivity contribution is 0.0976. The Morgan fingerprint density at radius 2 is 1.60 bits per heavy atom. The van der Waals surface area contributed by atoms with Gasteiger partial charge < -0.3 is 9.84 Å². The summed E-state index contributed by atoms with van der Waals surface area (Å²) in [5, 5.41) is 10.2. The number of phenols is 1.